The number of thiophene rings is 1. The Labute approximate surface area is 184 Å². The van der Waals surface area contributed by atoms with Crippen molar-refractivity contribution in [2.24, 2.45) is 0 Å². The molecule has 2 aliphatic rings. The number of rotatable bonds is 6. The number of halogens is 2. The summed E-state index contributed by atoms with van der Waals surface area (Å²) in [5, 5.41) is 2.12. The zero-order valence-corrected chi connectivity index (χ0v) is 18.0. The standard InChI is InChI=1S/C23H25F2N3O2S/c24-23(25)19-11-17(14-28-5-3-22-16(13-28)4-10-31-22)26-12-20(19)21-2-1-18(30-21)15-27-6-8-29-9-7-27/h1-2,4,10-12,23H,3,5-9,13-15H2. The maximum absolute atomic E-state index is 13.9. The molecule has 5 nitrogen and oxygen atoms in total. The number of alkyl halides is 2. The minimum absolute atomic E-state index is 0.0227. The van der Waals surface area contributed by atoms with Crippen molar-refractivity contribution in [3.05, 3.63) is 63.3 Å². The molecule has 3 aromatic rings. The van der Waals surface area contributed by atoms with Crippen LogP contribution in [0.5, 0.6) is 0 Å². The van der Waals surface area contributed by atoms with E-state index in [-0.39, 0.29) is 5.56 Å². The fourth-order valence-corrected chi connectivity index (χ4v) is 5.14. The lowest BCUT2D eigenvalue weighted by molar-refractivity contribution is 0.0314. The Morgan fingerprint density at radius 3 is 2.77 bits per heavy atom. The summed E-state index contributed by atoms with van der Waals surface area (Å²) in [6.45, 7) is 6.09. The summed E-state index contributed by atoms with van der Waals surface area (Å²) >= 11 is 1.79. The molecule has 1 fully saturated rings. The second kappa shape index (κ2) is 9.16. The van der Waals surface area contributed by atoms with Crippen LogP contribution in [0.15, 0.2) is 40.3 Å². The van der Waals surface area contributed by atoms with Crippen LogP contribution in [0.2, 0.25) is 0 Å². The predicted molar refractivity (Wildman–Crippen MR) is 115 cm³/mol. The van der Waals surface area contributed by atoms with E-state index in [9.17, 15) is 8.78 Å². The molecule has 0 N–H and O–H groups in total. The minimum atomic E-state index is -2.59. The Morgan fingerprint density at radius 2 is 1.94 bits per heavy atom. The smallest absolute Gasteiger partial charge is 0.264 e. The van der Waals surface area contributed by atoms with E-state index in [0.29, 0.717) is 43.3 Å². The van der Waals surface area contributed by atoms with Crippen LogP contribution in [0.3, 0.4) is 0 Å². The summed E-state index contributed by atoms with van der Waals surface area (Å²) in [4.78, 5) is 10.4. The van der Waals surface area contributed by atoms with Crippen LogP contribution in [0.25, 0.3) is 11.3 Å². The van der Waals surface area contributed by atoms with Crippen molar-refractivity contribution < 1.29 is 17.9 Å². The number of fused-ring (bicyclic) bond motifs is 1. The third-order valence-electron chi connectivity index (χ3n) is 5.91. The molecule has 2 aliphatic heterocycles. The summed E-state index contributed by atoms with van der Waals surface area (Å²) in [6.07, 6.45) is -0.0476. The van der Waals surface area contributed by atoms with E-state index in [2.05, 4.69) is 26.2 Å². The van der Waals surface area contributed by atoms with E-state index < -0.39 is 6.43 Å². The molecule has 0 amide bonds. The Bertz CT molecular complexity index is 1030. The van der Waals surface area contributed by atoms with Crippen molar-refractivity contribution in [1.29, 1.82) is 0 Å². The molecular weight excluding hydrogens is 420 g/mol. The first kappa shape index (κ1) is 20.8. The van der Waals surface area contributed by atoms with Crippen LogP contribution >= 0.6 is 11.3 Å². The minimum Gasteiger partial charge on any atom is -0.460 e. The molecule has 8 heteroatoms. The highest BCUT2D eigenvalue weighted by molar-refractivity contribution is 7.10. The number of hydrogen-bond donors (Lipinski definition) is 0. The molecule has 0 aliphatic carbocycles. The van der Waals surface area contributed by atoms with Crippen LogP contribution < -0.4 is 0 Å². The van der Waals surface area contributed by atoms with E-state index >= 15 is 0 Å². The Morgan fingerprint density at radius 1 is 1.06 bits per heavy atom. The third kappa shape index (κ3) is 4.72. The second-order valence-electron chi connectivity index (χ2n) is 8.05. The quantitative estimate of drug-likeness (QED) is 0.549. The van der Waals surface area contributed by atoms with Gasteiger partial charge in [0.15, 0.2) is 0 Å². The van der Waals surface area contributed by atoms with E-state index in [1.807, 2.05) is 6.07 Å². The number of aromatic nitrogens is 1. The molecule has 0 bridgehead atoms. The maximum Gasteiger partial charge on any atom is 0.264 e. The highest BCUT2D eigenvalue weighted by Gasteiger charge is 2.22. The number of nitrogens with zero attached hydrogens (tertiary/aromatic N) is 3. The summed E-state index contributed by atoms with van der Waals surface area (Å²) in [6, 6.07) is 7.31. The first-order valence-corrected chi connectivity index (χ1v) is 11.5. The van der Waals surface area contributed by atoms with Crippen LogP contribution in [0.1, 0.15) is 33.9 Å². The van der Waals surface area contributed by atoms with Crippen LogP contribution in [-0.2, 0) is 30.8 Å². The summed E-state index contributed by atoms with van der Waals surface area (Å²) in [7, 11) is 0. The zero-order chi connectivity index (χ0) is 21.2. The molecule has 164 valence electrons. The van der Waals surface area contributed by atoms with Crippen molar-refractivity contribution in [1.82, 2.24) is 14.8 Å². The molecule has 1 saturated heterocycles. The van der Waals surface area contributed by atoms with Gasteiger partial charge in [0.25, 0.3) is 6.43 Å². The lowest BCUT2D eigenvalue weighted by Gasteiger charge is -2.26. The van der Waals surface area contributed by atoms with Crippen LogP contribution in [0, 0.1) is 0 Å². The van der Waals surface area contributed by atoms with Gasteiger partial charge >= 0.3 is 0 Å². The van der Waals surface area contributed by atoms with Crippen molar-refractivity contribution in [2.75, 3.05) is 32.8 Å². The topological polar surface area (TPSA) is 41.7 Å². The SMILES string of the molecule is FC(F)c1cc(CN2CCc3sccc3C2)ncc1-c1ccc(CN2CCOCC2)o1. The number of ether oxygens (including phenoxy) is 1. The molecule has 0 saturated carbocycles. The van der Waals surface area contributed by atoms with Gasteiger partial charge in [-0.1, -0.05) is 0 Å². The maximum atomic E-state index is 13.9. The first-order valence-electron chi connectivity index (χ1n) is 10.6. The summed E-state index contributed by atoms with van der Waals surface area (Å²) in [5.74, 6) is 1.21. The first-order chi connectivity index (χ1) is 15.2. The van der Waals surface area contributed by atoms with Gasteiger partial charge < -0.3 is 9.15 Å². The average molecular weight is 446 g/mol. The van der Waals surface area contributed by atoms with E-state index in [4.69, 9.17) is 9.15 Å². The largest absolute Gasteiger partial charge is 0.460 e. The number of hydrogen-bond acceptors (Lipinski definition) is 6. The van der Waals surface area contributed by atoms with E-state index in [1.165, 1.54) is 22.7 Å². The van der Waals surface area contributed by atoms with E-state index in [1.54, 1.807) is 17.4 Å². The highest BCUT2D eigenvalue weighted by atomic mass is 32.1. The van der Waals surface area contributed by atoms with Gasteiger partial charge in [0.1, 0.15) is 11.5 Å². The average Bonchev–Trinajstić information content (AvgIpc) is 3.43. The van der Waals surface area contributed by atoms with Gasteiger partial charge in [-0.15, -0.1) is 11.3 Å². The Kier molecular flexibility index (Phi) is 6.13. The van der Waals surface area contributed by atoms with Crippen molar-refractivity contribution >= 4 is 11.3 Å². The fourth-order valence-electron chi connectivity index (χ4n) is 4.25. The molecule has 0 spiro atoms. The second-order valence-corrected chi connectivity index (χ2v) is 9.05. The molecule has 0 aromatic carbocycles. The molecule has 0 unspecified atom stereocenters. The van der Waals surface area contributed by atoms with Gasteiger partial charge in [0, 0.05) is 54.9 Å². The molecule has 0 atom stereocenters. The lowest BCUT2D eigenvalue weighted by Crippen LogP contribution is -2.35. The van der Waals surface area contributed by atoms with Crippen molar-refractivity contribution in [3.8, 4) is 11.3 Å². The third-order valence-corrected chi connectivity index (χ3v) is 6.93. The van der Waals surface area contributed by atoms with Gasteiger partial charge in [-0.05, 0) is 41.6 Å². The lowest BCUT2D eigenvalue weighted by atomic mass is 10.1. The molecule has 0 radical (unpaired) electrons. The Hall–Kier alpha value is -2.13. The van der Waals surface area contributed by atoms with Gasteiger partial charge in [-0.25, -0.2) is 8.78 Å². The van der Waals surface area contributed by atoms with Crippen molar-refractivity contribution in [3.63, 3.8) is 0 Å². The van der Waals surface area contributed by atoms with Gasteiger partial charge in [0.05, 0.1) is 25.5 Å². The van der Waals surface area contributed by atoms with Crippen molar-refractivity contribution in [2.45, 2.75) is 32.5 Å². The molecule has 31 heavy (non-hydrogen) atoms. The van der Waals surface area contributed by atoms with Gasteiger partial charge in [-0.3, -0.25) is 14.8 Å². The van der Waals surface area contributed by atoms with Crippen LogP contribution in [-0.4, -0.2) is 47.6 Å². The number of pyridine rings is 1. The molecule has 5 rings (SSSR count). The summed E-state index contributed by atoms with van der Waals surface area (Å²) in [5.41, 5.74) is 2.35. The summed E-state index contributed by atoms with van der Waals surface area (Å²) < 4.78 is 39.1. The highest BCUT2D eigenvalue weighted by Crippen LogP contribution is 2.33. The molecule has 3 aromatic heterocycles. The molecule has 5 heterocycles. The van der Waals surface area contributed by atoms with E-state index in [0.717, 1.165) is 38.4 Å². The monoisotopic (exact) mass is 445 g/mol. The predicted octanol–water partition coefficient (Wildman–Crippen LogP) is 4.73. The zero-order valence-electron chi connectivity index (χ0n) is 17.2. The molecular formula is C23H25F2N3O2S. The number of furan rings is 1. The van der Waals surface area contributed by atoms with Crippen LogP contribution in [0.4, 0.5) is 8.78 Å². The Balaban J connectivity index is 1.32. The van der Waals surface area contributed by atoms with Gasteiger partial charge in [0.2, 0.25) is 0 Å². The number of morpholine rings is 1. The normalized spacial score (nSPS) is 17.9. The fraction of sp³-hybridized carbons (Fsp3) is 0.435. The van der Waals surface area contributed by atoms with Gasteiger partial charge in [-0.2, -0.15) is 0 Å².